The van der Waals surface area contributed by atoms with E-state index in [0.29, 0.717) is 24.5 Å². The average Bonchev–Trinajstić information content (AvgIpc) is 2.69. The Morgan fingerprint density at radius 1 is 1.42 bits per heavy atom. The Kier molecular flexibility index (Phi) is 4.84. The standard InChI is InChI=1S/C13H18ClNO3S/c14-12-3-1-2-11(8-12)9-15(5-6-16)13-4-7-19(17,18)10-13/h1-3,8,13,16H,4-7,9-10H2/t13-/m1/s1. The van der Waals surface area contributed by atoms with E-state index in [4.69, 9.17) is 16.7 Å². The van der Waals surface area contributed by atoms with E-state index in [2.05, 4.69) is 0 Å². The molecule has 0 radical (unpaired) electrons. The first-order valence-electron chi connectivity index (χ1n) is 6.30. The summed E-state index contributed by atoms with van der Waals surface area (Å²) in [6, 6.07) is 7.51. The zero-order valence-electron chi connectivity index (χ0n) is 10.6. The molecule has 0 bridgehead atoms. The maximum atomic E-state index is 11.5. The Morgan fingerprint density at radius 3 is 2.79 bits per heavy atom. The van der Waals surface area contributed by atoms with Crippen molar-refractivity contribution in [3.63, 3.8) is 0 Å². The van der Waals surface area contributed by atoms with Crippen molar-refractivity contribution < 1.29 is 13.5 Å². The van der Waals surface area contributed by atoms with Gasteiger partial charge in [-0.05, 0) is 24.1 Å². The average molecular weight is 304 g/mol. The lowest BCUT2D eigenvalue weighted by Gasteiger charge is -2.27. The number of halogens is 1. The molecule has 1 atom stereocenters. The molecule has 1 aliphatic heterocycles. The summed E-state index contributed by atoms with van der Waals surface area (Å²) in [7, 11) is -2.91. The summed E-state index contributed by atoms with van der Waals surface area (Å²) >= 11 is 5.95. The van der Waals surface area contributed by atoms with Crippen LogP contribution in [0.1, 0.15) is 12.0 Å². The summed E-state index contributed by atoms with van der Waals surface area (Å²) < 4.78 is 23.1. The predicted molar refractivity (Wildman–Crippen MR) is 76.0 cm³/mol. The van der Waals surface area contributed by atoms with E-state index in [1.54, 1.807) is 0 Å². The second-order valence-corrected chi connectivity index (χ2v) is 7.55. The number of sulfone groups is 1. The molecule has 2 rings (SSSR count). The fourth-order valence-electron chi connectivity index (χ4n) is 2.45. The van der Waals surface area contributed by atoms with Gasteiger partial charge in [0.05, 0.1) is 18.1 Å². The fraction of sp³-hybridized carbons (Fsp3) is 0.538. The van der Waals surface area contributed by atoms with Gasteiger partial charge in [-0.2, -0.15) is 0 Å². The molecule has 106 valence electrons. The summed E-state index contributed by atoms with van der Waals surface area (Å²) in [6.45, 7) is 1.12. The summed E-state index contributed by atoms with van der Waals surface area (Å²) in [4.78, 5) is 2.02. The van der Waals surface area contributed by atoms with Crippen LogP contribution in [0.5, 0.6) is 0 Å². The van der Waals surface area contributed by atoms with E-state index >= 15 is 0 Å². The van der Waals surface area contributed by atoms with Crippen LogP contribution in [0.25, 0.3) is 0 Å². The molecule has 0 aliphatic carbocycles. The zero-order chi connectivity index (χ0) is 13.9. The van der Waals surface area contributed by atoms with Gasteiger partial charge in [0.2, 0.25) is 0 Å². The Bertz CT molecular complexity index is 532. The number of rotatable bonds is 5. The van der Waals surface area contributed by atoms with Crippen LogP contribution in [0.3, 0.4) is 0 Å². The minimum absolute atomic E-state index is 0.00358. The number of aliphatic hydroxyl groups is 1. The summed E-state index contributed by atoms with van der Waals surface area (Å²) in [5.41, 5.74) is 1.03. The van der Waals surface area contributed by atoms with Crippen molar-refractivity contribution in [1.82, 2.24) is 4.90 Å². The molecule has 1 N–H and O–H groups in total. The molecular formula is C13H18ClNO3S. The van der Waals surface area contributed by atoms with Crippen molar-refractivity contribution in [3.8, 4) is 0 Å². The molecule has 6 heteroatoms. The SMILES string of the molecule is O=S1(=O)CC[C@@H](N(CCO)Cc2cccc(Cl)c2)C1. The van der Waals surface area contributed by atoms with Gasteiger partial charge in [0.1, 0.15) is 0 Å². The number of nitrogens with zero attached hydrogens (tertiary/aromatic N) is 1. The smallest absolute Gasteiger partial charge is 0.151 e. The third-order valence-corrected chi connectivity index (χ3v) is 5.37. The largest absolute Gasteiger partial charge is 0.395 e. The van der Waals surface area contributed by atoms with Gasteiger partial charge < -0.3 is 5.11 Å². The molecule has 1 saturated heterocycles. The monoisotopic (exact) mass is 303 g/mol. The van der Waals surface area contributed by atoms with Crippen molar-refractivity contribution in [3.05, 3.63) is 34.9 Å². The van der Waals surface area contributed by atoms with Crippen LogP contribution >= 0.6 is 11.6 Å². The minimum atomic E-state index is -2.91. The lowest BCUT2D eigenvalue weighted by molar-refractivity contribution is 0.153. The highest BCUT2D eigenvalue weighted by Crippen LogP contribution is 2.20. The molecule has 19 heavy (non-hydrogen) atoms. The number of aliphatic hydroxyl groups excluding tert-OH is 1. The van der Waals surface area contributed by atoms with Crippen LogP contribution in [0.2, 0.25) is 5.02 Å². The molecule has 0 spiro atoms. The van der Waals surface area contributed by atoms with Gasteiger partial charge in [-0.1, -0.05) is 23.7 Å². The minimum Gasteiger partial charge on any atom is -0.395 e. The second kappa shape index (κ2) is 6.22. The van der Waals surface area contributed by atoms with E-state index < -0.39 is 9.84 Å². The zero-order valence-corrected chi connectivity index (χ0v) is 12.2. The summed E-state index contributed by atoms with van der Waals surface area (Å²) in [5.74, 6) is 0.433. The molecule has 1 aromatic carbocycles. The van der Waals surface area contributed by atoms with E-state index in [9.17, 15) is 8.42 Å². The molecule has 1 aromatic rings. The third-order valence-electron chi connectivity index (χ3n) is 3.39. The van der Waals surface area contributed by atoms with Crippen LogP contribution in [0, 0.1) is 0 Å². The van der Waals surface area contributed by atoms with Crippen molar-refractivity contribution in [2.75, 3.05) is 24.7 Å². The van der Waals surface area contributed by atoms with Gasteiger partial charge in [0, 0.05) is 24.2 Å². The van der Waals surface area contributed by atoms with E-state index in [-0.39, 0.29) is 24.2 Å². The number of benzene rings is 1. The van der Waals surface area contributed by atoms with Gasteiger partial charge in [-0.3, -0.25) is 4.90 Å². The van der Waals surface area contributed by atoms with Gasteiger partial charge >= 0.3 is 0 Å². The molecule has 1 fully saturated rings. The fourth-order valence-corrected chi connectivity index (χ4v) is 4.43. The lowest BCUT2D eigenvalue weighted by Crippen LogP contribution is -2.37. The van der Waals surface area contributed by atoms with E-state index in [0.717, 1.165) is 5.56 Å². The van der Waals surface area contributed by atoms with Crippen molar-refractivity contribution in [2.24, 2.45) is 0 Å². The van der Waals surface area contributed by atoms with Crippen LogP contribution in [-0.4, -0.2) is 49.1 Å². The normalized spacial score (nSPS) is 21.9. The van der Waals surface area contributed by atoms with Crippen LogP contribution in [0.15, 0.2) is 24.3 Å². The first-order valence-corrected chi connectivity index (χ1v) is 8.50. The van der Waals surface area contributed by atoms with Gasteiger partial charge in [-0.15, -0.1) is 0 Å². The first kappa shape index (κ1) is 14.8. The molecule has 0 aromatic heterocycles. The Hall–Kier alpha value is -0.620. The highest BCUT2D eigenvalue weighted by molar-refractivity contribution is 7.91. The molecule has 1 heterocycles. The van der Waals surface area contributed by atoms with Gasteiger partial charge in [0.15, 0.2) is 9.84 Å². The lowest BCUT2D eigenvalue weighted by atomic mass is 10.1. The molecule has 0 amide bonds. The molecule has 0 saturated carbocycles. The third kappa shape index (κ3) is 4.18. The van der Waals surface area contributed by atoms with Crippen LogP contribution in [0.4, 0.5) is 0 Å². The van der Waals surface area contributed by atoms with Gasteiger partial charge in [-0.25, -0.2) is 8.42 Å². The predicted octanol–water partition coefficient (Wildman–Crippen LogP) is 1.32. The van der Waals surface area contributed by atoms with Crippen molar-refractivity contribution in [1.29, 1.82) is 0 Å². The quantitative estimate of drug-likeness (QED) is 0.891. The maximum absolute atomic E-state index is 11.5. The highest BCUT2D eigenvalue weighted by atomic mass is 35.5. The summed E-state index contributed by atoms with van der Waals surface area (Å²) in [5, 5.41) is 9.81. The Balaban J connectivity index is 2.08. The van der Waals surface area contributed by atoms with Crippen LogP contribution < -0.4 is 0 Å². The number of hydrogen-bond donors (Lipinski definition) is 1. The van der Waals surface area contributed by atoms with E-state index in [1.807, 2.05) is 29.2 Å². The van der Waals surface area contributed by atoms with E-state index in [1.165, 1.54) is 0 Å². The van der Waals surface area contributed by atoms with Gasteiger partial charge in [0.25, 0.3) is 0 Å². The Morgan fingerprint density at radius 2 is 2.21 bits per heavy atom. The summed E-state index contributed by atoms with van der Waals surface area (Å²) in [6.07, 6.45) is 0.642. The molecular weight excluding hydrogens is 286 g/mol. The highest BCUT2D eigenvalue weighted by Gasteiger charge is 2.31. The molecule has 4 nitrogen and oxygen atoms in total. The Labute approximate surface area is 118 Å². The molecule has 1 aliphatic rings. The topological polar surface area (TPSA) is 57.6 Å². The van der Waals surface area contributed by atoms with Crippen molar-refractivity contribution >= 4 is 21.4 Å². The van der Waals surface area contributed by atoms with Crippen molar-refractivity contribution in [2.45, 2.75) is 19.0 Å². The molecule has 0 unspecified atom stereocenters. The maximum Gasteiger partial charge on any atom is 0.151 e. The van der Waals surface area contributed by atoms with Crippen LogP contribution in [-0.2, 0) is 16.4 Å². The first-order chi connectivity index (χ1) is 9.00. The number of hydrogen-bond acceptors (Lipinski definition) is 4. The second-order valence-electron chi connectivity index (χ2n) is 4.88.